The molecule has 0 saturated heterocycles. The fraction of sp³-hybridized carbons (Fsp3) is 0.0714. The molecular weight excluding hydrogens is 529 g/mol. The number of hydrogen-bond donors (Lipinski definition) is 0. The largest absolute Gasteiger partial charge is 0.144 e. The summed E-state index contributed by atoms with van der Waals surface area (Å²) in [6.45, 7) is 4.38. The van der Waals surface area contributed by atoms with Crippen molar-refractivity contribution in [2.24, 2.45) is 0 Å². The van der Waals surface area contributed by atoms with Crippen molar-refractivity contribution in [3.63, 3.8) is 0 Å². The van der Waals surface area contributed by atoms with Crippen LogP contribution in [0.2, 0.25) is 0 Å². The molecule has 2 aromatic carbocycles. The zero-order chi connectivity index (χ0) is 22.6. The van der Waals surface area contributed by atoms with E-state index in [1.54, 1.807) is 0 Å². The number of benzene rings is 2. The third kappa shape index (κ3) is 2.72. The van der Waals surface area contributed by atoms with Gasteiger partial charge in [0.15, 0.2) is 0 Å². The number of rotatable bonds is 2. The maximum absolute atomic E-state index is 2.36. The Kier molecular flexibility index (Phi) is 4.29. The number of aryl methyl sites for hydroxylation is 2. The predicted molar refractivity (Wildman–Crippen MR) is 162 cm³/mol. The first-order chi connectivity index (χ1) is 16.7. The minimum absolute atomic E-state index is 1.35. The van der Waals surface area contributed by atoms with Crippen molar-refractivity contribution in [1.82, 2.24) is 0 Å². The summed E-state index contributed by atoms with van der Waals surface area (Å²) < 4.78 is 8.57. The first-order valence-corrected chi connectivity index (χ1v) is 16.1. The van der Waals surface area contributed by atoms with E-state index in [1.165, 1.54) is 81.8 Å². The maximum atomic E-state index is 2.36. The summed E-state index contributed by atoms with van der Waals surface area (Å²) in [5.74, 6) is 0. The lowest BCUT2D eigenvalue weighted by Gasteiger charge is -2.00. The van der Waals surface area contributed by atoms with E-state index in [-0.39, 0.29) is 0 Å². The summed E-state index contributed by atoms with van der Waals surface area (Å²) in [4.78, 5) is 2.77. The fourth-order valence-electron chi connectivity index (χ4n) is 4.93. The topological polar surface area (TPSA) is 0 Å². The SMILES string of the molecule is Cc1csc(-c2csc3ccc4c5sc6c(ccc7scc(-c8cc(C)cs8)c76)c5sc4c23)c1. The van der Waals surface area contributed by atoms with Crippen LogP contribution in [0.3, 0.4) is 0 Å². The molecule has 0 atom stereocenters. The van der Waals surface area contributed by atoms with Gasteiger partial charge in [0.25, 0.3) is 0 Å². The van der Waals surface area contributed by atoms with E-state index in [4.69, 9.17) is 0 Å². The summed E-state index contributed by atoms with van der Waals surface area (Å²) >= 11 is 11.5. The van der Waals surface area contributed by atoms with Crippen LogP contribution in [-0.2, 0) is 0 Å². The van der Waals surface area contributed by atoms with E-state index in [0.29, 0.717) is 0 Å². The van der Waals surface area contributed by atoms with Crippen molar-refractivity contribution < 1.29 is 0 Å². The van der Waals surface area contributed by atoms with Gasteiger partial charge in [-0.3, -0.25) is 0 Å². The van der Waals surface area contributed by atoms with Crippen molar-refractivity contribution >= 4 is 118 Å². The molecule has 6 heterocycles. The second kappa shape index (κ2) is 7.23. The van der Waals surface area contributed by atoms with Gasteiger partial charge in [0.05, 0.1) is 9.40 Å². The van der Waals surface area contributed by atoms with E-state index in [9.17, 15) is 0 Å². The van der Waals surface area contributed by atoms with Gasteiger partial charge >= 0.3 is 0 Å². The van der Waals surface area contributed by atoms with Crippen LogP contribution in [0.15, 0.2) is 57.9 Å². The summed E-state index contributed by atoms with van der Waals surface area (Å²) in [7, 11) is 0. The first-order valence-electron chi connectivity index (χ1n) is 11.0. The molecule has 0 amide bonds. The highest BCUT2D eigenvalue weighted by atomic mass is 32.1. The molecule has 0 aliphatic heterocycles. The van der Waals surface area contributed by atoms with E-state index >= 15 is 0 Å². The maximum Gasteiger partial charge on any atom is 0.0542 e. The Morgan fingerprint density at radius 1 is 0.500 bits per heavy atom. The van der Waals surface area contributed by atoms with Crippen LogP contribution in [0, 0.1) is 13.8 Å². The molecule has 8 aromatic rings. The minimum atomic E-state index is 1.35. The normalized spacial score (nSPS) is 12.4. The zero-order valence-corrected chi connectivity index (χ0v) is 23.1. The van der Waals surface area contributed by atoms with Gasteiger partial charge in [-0.25, -0.2) is 0 Å². The van der Waals surface area contributed by atoms with Crippen LogP contribution in [0.5, 0.6) is 0 Å². The van der Waals surface area contributed by atoms with Crippen LogP contribution in [0.1, 0.15) is 11.1 Å². The molecule has 6 aromatic heterocycles. The number of thiophene rings is 6. The molecule has 0 radical (unpaired) electrons. The Bertz CT molecular complexity index is 1900. The van der Waals surface area contributed by atoms with Gasteiger partial charge in [0, 0.05) is 72.0 Å². The van der Waals surface area contributed by atoms with E-state index in [1.807, 2.05) is 68.0 Å². The highest BCUT2D eigenvalue weighted by molar-refractivity contribution is 7.38. The van der Waals surface area contributed by atoms with Gasteiger partial charge in [-0.15, -0.1) is 68.0 Å². The Morgan fingerprint density at radius 3 is 1.38 bits per heavy atom. The molecule has 0 fully saturated rings. The van der Waals surface area contributed by atoms with Gasteiger partial charge in [-0.05, 0) is 60.0 Å². The molecule has 34 heavy (non-hydrogen) atoms. The Labute approximate surface area is 220 Å². The lowest BCUT2D eigenvalue weighted by atomic mass is 10.1. The predicted octanol–water partition coefficient (Wildman–Crippen LogP) is 11.8. The number of hydrogen-bond acceptors (Lipinski definition) is 6. The number of fused-ring (bicyclic) bond motifs is 9. The third-order valence-corrected chi connectivity index (χ3v) is 13.2. The molecule has 0 nitrogen and oxygen atoms in total. The minimum Gasteiger partial charge on any atom is -0.144 e. The van der Waals surface area contributed by atoms with Crippen molar-refractivity contribution in [1.29, 1.82) is 0 Å². The van der Waals surface area contributed by atoms with Gasteiger partial charge in [-0.1, -0.05) is 12.1 Å². The summed E-state index contributed by atoms with van der Waals surface area (Å²) in [5, 5.41) is 14.9. The summed E-state index contributed by atoms with van der Waals surface area (Å²) in [5.41, 5.74) is 5.50. The molecule has 164 valence electrons. The molecule has 0 N–H and O–H groups in total. The average molecular weight is 545 g/mol. The lowest BCUT2D eigenvalue weighted by molar-refractivity contribution is 1.56. The Morgan fingerprint density at radius 2 is 0.971 bits per heavy atom. The molecular formula is C28H16S6. The van der Waals surface area contributed by atoms with Crippen LogP contribution >= 0.6 is 68.0 Å². The summed E-state index contributed by atoms with van der Waals surface area (Å²) in [6, 6.07) is 14.1. The van der Waals surface area contributed by atoms with Gasteiger partial charge in [0.1, 0.15) is 0 Å². The molecule has 0 aliphatic carbocycles. The molecule has 0 spiro atoms. The molecule has 0 unspecified atom stereocenters. The molecule has 0 saturated carbocycles. The van der Waals surface area contributed by atoms with Crippen LogP contribution in [0.25, 0.3) is 70.6 Å². The smallest absolute Gasteiger partial charge is 0.0542 e. The van der Waals surface area contributed by atoms with E-state index in [2.05, 4.69) is 71.8 Å². The third-order valence-electron chi connectivity index (χ3n) is 6.48. The lowest BCUT2D eigenvalue weighted by Crippen LogP contribution is -1.72. The second-order valence-electron chi connectivity index (χ2n) is 8.77. The Balaban J connectivity index is 1.46. The summed E-state index contributed by atoms with van der Waals surface area (Å²) in [6.07, 6.45) is 0. The Hall–Kier alpha value is -2.06. The van der Waals surface area contributed by atoms with Crippen LogP contribution in [-0.4, -0.2) is 0 Å². The van der Waals surface area contributed by atoms with Crippen molar-refractivity contribution in [3.8, 4) is 20.9 Å². The van der Waals surface area contributed by atoms with Gasteiger partial charge in [-0.2, -0.15) is 0 Å². The highest BCUT2D eigenvalue weighted by Crippen LogP contribution is 2.52. The van der Waals surface area contributed by atoms with Crippen molar-refractivity contribution in [2.45, 2.75) is 13.8 Å². The molecule has 6 heteroatoms. The molecule has 0 bridgehead atoms. The quantitative estimate of drug-likeness (QED) is 0.203. The zero-order valence-electron chi connectivity index (χ0n) is 18.2. The van der Waals surface area contributed by atoms with E-state index in [0.717, 1.165) is 0 Å². The van der Waals surface area contributed by atoms with Crippen molar-refractivity contribution in [3.05, 3.63) is 69.0 Å². The monoisotopic (exact) mass is 544 g/mol. The van der Waals surface area contributed by atoms with Crippen LogP contribution in [0.4, 0.5) is 0 Å². The van der Waals surface area contributed by atoms with Crippen molar-refractivity contribution in [2.75, 3.05) is 0 Å². The van der Waals surface area contributed by atoms with E-state index < -0.39 is 0 Å². The van der Waals surface area contributed by atoms with Gasteiger partial charge < -0.3 is 0 Å². The van der Waals surface area contributed by atoms with Gasteiger partial charge in [0.2, 0.25) is 0 Å². The molecule has 8 rings (SSSR count). The second-order valence-corrected chi connectivity index (χ2v) is 14.5. The fourth-order valence-corrected chi connectivity index (χ4v) is 11.9. The highest BCUT2D eigenvalue weighted by Gasteiger charge is 2.20. The van der Waals surface area contributed by atoms with Crippen LogP contribution < -0.4 is 0 Å². The average Bonchev–Trinajstić information content (AvgIpc) is 3.63. The first kappa shape index (κ1) is 20.2. The standard InChI is InChI=1S/C28H16S6/c1-13-7-21(29-9-13)17-11-31-19-5-3-15-25(23(17)19)33-28-16-4-6-20-24(26(16)34-27(15)28)18(12-32-20)22-8-14(2)10-30-22/h3-12H,1-2H3. The molecule has 0 aliphatic rings.